The van der Waals surface area contributed by atoms with E-state index < -0.39 is 0 Å². The summed E-state index contributed by atoms with van der Waals surface area (Å²) in [4.78, 5) is 4.51. The van der Waals surface area contributed by atoms with E-state index in [-0.39, 0.29) is 17.9 Å². The minimum absolute atomic E-state index is 0. The molecule has 24 heavy (non-hydrogen) atoms. The zero-order valence-corrected chi connectivity index (χ0v) is 16.0. The van der Waals surface area contributed by atoms with Gasteiger partial charge in [-0.25, -0.2) is 0 Å². The molecule has 6 heteroatoms. The Kier molecular flexibility index (Phi) is 6.68. The Hall–Kier alpha value is -0.650. The van der Waals surface area contributed by atoms with Crippen molar-refractivity contribution in [2.45, 2.75) is 84.0 Å². The SMILES string of the molecule is CC1CCC(C(C)C)C(OCc2nc(C3(N)CCCC3)no2)C1.Cl. The third-order valence-corrected chi connectivity index (χ3v) is 5.79. The summed E-state index contributed by atoms with van der Waals surface area (Å²) in [5.41, 5.74) is 6.00. The fourth-order valence-electron chi connectivity index (χ4n) is 4.23. The fourth-order valence-corrected chi connectivity index (χ4v) is 4.23. The first-order valence-electron chi connectivity index (χ1n) is 9.21. The van der Waals surface area contributed by atoms with E-state index in [0.717, 1.165) is 38.0 Å². The maximum atomic E-state index is 6.39. The second-order valence-corrected chi connectivity index (χ2v) is 8.05. The lowest BCUT2D eigenvalue weighted by Gasteiger charge is -2.36. The van der Waals surface area contributed by atoms with Crippen molar-refractivity contribution in [2.24, 2.45) is 23.5 Å². The molecule has 3 rings (SSSR count). The predicted octanol–water partition coefficient (Wildman–Crippen LogP) is 4.20. The maximum Gasteiger partial charge on any atom is 0.252 e. The highest BCUT2D eigenvalue weighted by molar-refractivity contribution is 5.85. The number of halogens is 1. The normalized spacial score (nSPS) is 29.6. The molecule has 1 aromatic rings. The van der Waals surface area contributed by atoms with Gasteiger partial charge in [0.2, 0.25) is 0 Å². The van der Waals surface area contributed by atoms with Gasteiger partial charge in [0.15, 0.2) is 5.82 Å². The van der Waals surface area contributed by atoms with Crippen LogP contribution in [0.4, 0.5) is 0 Å². The van der Waals surface area contributed by atoms with Crippen molar-refractivity contribution in [1.29, 1.82) is 0 Å². The summed E-state index contributed by atoms with van der Waals surface area (Å²) in [6.45, 7) is 7.31. The zero-order valence-electron chi connectivity index (χ0n) is 15.2. The molecule has 2 fully saturated rings. The van der Waals surface area contributed by atoms with Gasteiger partial charge < -0.3 is 15.0 Å². The van der Waals surface area contributed by atoms with Gasteiger partial charge in [0, 0.05) is 0 Å². The van der Waals surface area contributed by atoms with Crippen molar-refractivity contribution in [1.82, 2.24) is 10.1 Å². The topological polar surface area (TPSA) is 74.2 Å². The summed E-state index contributed by atoms with van der Waals surface area (Å²) in [6.07, 6.45) is 8.18. The van der Waals surface area contributed by atoms with E-state index >= 15 is 0 Å². The molecule has 2 aliphatic rings. The molecule has 0 radical (unpaired) electrons. The van der Waals surface area contributed by atoms with Gasteiger partial charge in [0.25, 0.3) is 5.89 Å². The van der Waals surface area contributed by atoms with Gasteiger partial charge in [-0.2, -0.15) is 4.98 Å². The lowest BCUT2D eigenvalue weighted by Crippen LogP contribution is -2.35. The van der Waals surface area contributed by atoms with E-state index in [1.807, 2.05) is 0 Å². The molecular formula is C18H32ClN3O2. The molecule has 0 aliphatic heterocycles. The van der Waals surface area contributed by atoms with Crippen molar-refractivity contribution >= 4 is 12.4 Å². The number of hydrogen-bond acceptors (Lipinski definition) is 5. The standard InChI is InChI=1S/C18H31N3O2.ClH/c1-12(2)14-7-6-13(3)10-15(14)22-11-16-20-17(21-23-16)18(19)8-4-5-9-18;/h12-15H,4-11,19H2,1-3H3;1H. The molecule has 0 saturated heterocycles. The molecule has 0 amide bonds. The van der Waals surface area contributed by atoms with Gasteiger partial charge >= 0.3 is 0 Å². The minimum Gasteiger partial charge on any atom is -0.368 e. The first-order valence-corrected chi connectivity index (χ1v) is 9.21. The Bertz CT molecular complexity index is 514. The highest BCUT2D eigenvalue weighted by atomic mass is 35.5. The van der Waals surface area contributed by atoms with Crippen LogP contribution in [0.3, 0.4) is 0 Å². The van der Waals surface area contributed by atoms with E-state index in [2.05, 4.69) is 30.9 Å². The summed E-state index contributed by atoms with van der Waals surface area (Å²) < 4.78 is 11.6. The van der Waals surface area contributed by atoms with Crippen LogP contribution in [0.2, 0.25) is 0 Å². The van der Waals surface area contributed by atoms with E-state index in [1.54, 1.807) is 0 Å². The highest BCUT2D eigenvalue weighted by Gasteiger charge is 2.36. The summed E-state index contributed by atoms with van der Waals surface area (Å²) in [5.74, 6) is 3.24. The molecule has 2 aliphatic carbocycles. The molecular weight excluding hydrogens is 326 g/mol. The summed E-state index contributed by atoms with van der Waals surface area (Å²) in [6, 6.07) is 0. The van der Waals surface area contributed by atoms with Crippen molar-refractivity contribution in [3.63, 3.8) is 0 Å². The largest absolute Gasteiger partial charge is 0.368 e. The van der Waals surface area contributed by atoms with Crippen LogP contribution in [-0.2, 0) is 16.9 Å². The molecule has 5 nitrogen and oxygen atoms in total. The Morgan fingerprint density at radius 1 is 1.29 bits per heavy atom. The van der Waals surface area contributed by atoms with Crippen LogP contribution in [0.15, 0.2) is 4.52 Å². The molecule has 2 N–H and O–H groups in total. The van der Waals surface area contributed by atoms with Gasteiger partial charge in [-0.3, -0.25) is 0 Å². The second kappa shape index (κ2) is 8.15. The molecule has 0 bridgehead atoms. The number of aromatic nitrogens is 2. The third kappa shape index (κ3) is 4.30. The van der Waals surface area contributed by atoms with Crippen LogP contribution < -0.4 is 5.73 Å². The van der Waals surface area contributed by atoms with E-state index in [9.17, 15) is 0 Å². The number of nitrogens with two attached hydrogens (primary N) is 1. The Labute approximate surface area is 151 Å². The maximum absolute atomic E-state index is 6.39. The number of rotatable bonds is 5. The predicted molar refractivity (Wildman–Crippen MR) is 95.8 cm³/mol. The molecule has 0 spiro atoms. The van der Waals surface area contributed by atoms with E-state index in [0.29, 0.717) is 36.3 Å². The molecule has 3 unspecified atom stereocenters. The number of hydrogen-bond donors (Lipinski definition) is 1. The highest BCUT2D eigenvalue weighted by Crippen LogP contribution is 2.36. The fraction of sp³-hybridized carbons (Fsp3) is 0.889. The third-order valence-electron chi connectivity index (χ3n) is 5.79. The Balaban J connectivity index is 0.00000208. The van der Waals surface area contributed by atoms with Gasteiger partial charge in [0.1, 0.15) is 6.61 Å². The van der Waals surface area contributed by atoms with Gasteiger partial charge in [-0.1, -0.05) is 45.2 Å². The first-order chi connectivity index (χ1) is 11.0. The van der Waals surface area contributed by atoms with Crippen molar-refractivity contribution in [3.8, 4) is 0 Å². The number of nitrogens with zero attached hydrogens (tertiary/aromatic N) is 2. The van der Waals surface area contributed by atoms with Crippen molar-refractivity contribution in [3.05, 3.63) is 11.7 Å². The average molecular weight is 358 g/mol. The van der Waals surface area contributed by atoms with Gasteiger partial charge in [-0.15, -0.1) is 12.4 Å². The van der Waals surface area contributed by atoms with E-state index in [1.165, 1.54) is 12.8 Å². The summed E-state index contributed by atoms with van der Waals surface area (Å²) in [5, 5.41) is 4.11. The molecule has 138 valence electrons. The summed E-state index contributed by atoms with van der Waals surface area (Å²) >= 11 is 0. The van der Waals surface area contributed by atoms with E-state index in [4.69, 9.17) is 15.0 Å². The Morgan fingerprint density at radius 3 is 2.67 bits per heavy atom. The number of ether oxygens (including phenoxy) is 1. The molecule has 1 aromatic heterocycles. The smallest absolute Gasteiger partial charge is 0.252 e. The lowest BCUT2D eigenvalue weighted by molar-refractivity contribution is -0.0547. The quantitative estimate of drug-likeness (QED) is 0.854. The van der Waals surface area contributed by atoms with Crippen molar-refractivity contribution < 1.29 is 9.26 Å². The zero-order chi connectivity index (χ0) is 16.4. The summed E-state index contributed by atoms with van der Waals surface area (Å²) in [7, 11) is 0. The monoisotopic (exact) mass is 357 g/mol. The van der Waals surface area contributed by atoms with Gasteiger partial charge in [0.05, 0.1) is 11.6 Å². The van der Waals surface area contributed by atoms with Gasteiger partial charge in [-0.05, 0) is 43.4 Å². The minimum atomic E-state index is -0.387. The lowest BCUT2D eigenvalue weighted by atomic mass is 9.75. The molecule has 0 aromatic carbocycles. The van der Waals surface area contributed by atoms with Crippen LogP contribution in [0, 0.1) is 17.8 Å². The molecule has 2 saturated carbocycles. The molecule has 3 atom stereocenters. The van der Waals surface area contributed by atoms with Crippen LogP contribution in [-0.4, -0.2) is 16.2 Å². The van der Waals surface area contributed by atoms with Crippen LogP contribution >= 0.6 is 12.4 Å². The first kappa shape index (κ1) is 19.7. The Morgan fingerprint density at radius 2 is 2.00 bits per heavy atom. The van der Waals surface area contributed by atoms with Crippen LogP contribution in [0.25, 0.3) is 0 Å². The second-order valence-electron chi connectivity index (χ2n) is 8.05. The van der Waals surface area contributed by atoms with Crippen LogP contribution in [0.5, 0.6) is 0 Å². The van der Waals surface area contributed by atoms with Crippen molar-refractivity contribution in [2.75, 3.05) is 0 Å². The molecule has 1 heterocycles. The van der Waals surface area contributed by atoms with Crippen LogP contribution in [0.1, 0.15) is 77.4 Å². The average Bonchev–Trinajstić information content (AvgIpc) is 3.14.